The van der Waals surface area contributed by atoms with Crippen molar-refractivity contribution in [2.45, 2.75) is 63.5 Å². The Bertz CT molecular complexity index is 474. The molecular weight excluding hydrogens is 443 g/mol. The van der Waals surface area contributed by atoms with Crippen molar-refractivity contribution < 1.29 is 9.53 Å². The molecule has 0 aromatic carbocycles. The van der Waals surface area contributed by atoms with Crippen molar-refractivity contribution in [3.05, 3.63) is 0 Å². The third-order valence-corrected chi connectivity index (χ3v) is 6.10. The van der Waals surface area contributed by atoms with E-state index in [0.717, 1.165) is 43.7 Å². The summed E-state index contributed by atoms with van der Waals surface area (Å²) in [4.78, 5) is 18.2. The van der Waals surface area contributed by atoms with Crippen LogP contribution in [0, 0.1) is 11.8 Å². The van der Waals surface area contributed by atoms with Crippen molar-refractivity contribution in [3.8, 4) is 0 Å². The Morgan fingerprint density at radius 3 is 2.42 bits per heavy atom. The van der Waals surface area contributed by atoms with Crippen LogP contribution in [0.1, 0.15) is 51.4 Å². The molecule has 150 valence electrons. The average Bonchev–Trinajstić information content (AvgIpc) is 3.42. The lowest BCUT2D eigenvalue weighted by Crippen LogP contribution is -2.50. The number of guanidine groups is 1. The molecule has 3 rings (SSSR count). The molecular formula is C19H35IN4O2. The first-order chi connectivity index (χ1) is 12.2. The number of piperidine rings is 1. The molecule has 2 atom stereocenters. The molecule has 1 aliphatic heterocycles. The van der Waals surface area contributed by atoms with Crippen LogP contribution in [-0.2, 0) is 9.53 Å². The molecule has 26 heavy (non-hydrogen) atoms. The van der Waals surface area contributed by atoms with Crippen LogP contribution in [0.2, 0.25) is 0 Å². The molecule has 2 saturated carbocycles. The minimum atomic E-state index is 0. The normalized spacial score (nSPS) is 27.6. The predicted molar refractivity (Wildman–Crippen MR) is 115 cm³/mol. The van der Waals surface area contributed by atoms with E-state index in [1.807, 2.05) is 11.9 Å². The van der Waals surface area contributed by atoms with Crippen molar-refractivity contribution in [2.24, 2.45) is 16.8 Å². The number of ether oxygens (including phenoxy) is 1. The first-order valence-corrected chi connectivity index (χ1v) is 9.97. The van der Waals surface area contributed by atoms with Gasteiger partial charge in [0.25, 0.3) is 0 Å². The highest BCUT2D eigenvalue weighted by Gasteiger charge is 2.43. The van der Waals surface area contributed by atoms with Crippen molar-refractivity contribution in [1.82, 2.24) is 15.5 Å². The topological polar surface area (TPSA) is 66.0 Å². The third kappa shape index (κ3) is 5.97. The minimum Gasteiger partial charge on any atom is -0.375 e. The number of hydrogen-bond donors (Lipinski definition) is 2. The SMILES string of the molecule is CN=C(NC1CCN(C(=O)COC)CC1)NC1CC1C1CCCCC1.I. The predicted octanol–water partition coefficient (Wildman–Crippen LogP) is 2.38. The number of likely N-dealkylation sites (tertiary alicyclic amines) is 1. The number of nitrogens with one attached hydrogen (secondary N) is 2. The van der Waals surface area contributed by atoms with Gasteiger partial charge in [0.2, 0.25) is 5.91 Å². The number of methoxy groups -OCH3 is 1. The van der Waals surface area contributed by atoms with Gasteiger partial charge in [0.15, 0.2) is 5.96 Å². The van der Waals surface area contributed by atoms with Gasteiger partial charge < -0.3 is 20.3 Å². The van der Waals surface area contributed by atoms with Gasteiger partial charge in [0.05, 0.1) is 0 Å². The minimum absolute atomic E-state index is 0. The molecule has 2 N–H and O–H groups in total. The largest absolute Gasteiger partial charge is 0.375 e. The number of amides is 1. The van der Waals surface area contributed by atoms with Gasteiger partial charge in [-0.05, 0) is 31.1 Å². The fourth-order valence-electron chi connectivity index (χ4n) is 4.49. The number of carbonyl (C=O) groups is 1. The van der Waals surface area contributed by atoms with E-state index in [4.69, 9.17) is 4.74 Å². The van der Waals surface area contributed by atoms with Gasteiger partial charge in [-0.2, -0.15) is 0 Å². The van der Waals surface area contributed by atoms with Gasteiger partial charge in [0, 0.05) is 39.3 Å². The van der Waals surface area contributed by atoms with Gasteiger partial charge in [0.1, 0.15) is 6.61 Å². The molecule has 3 fully saturated rings. The van der Waals surface area contributed by atoms with Crippen LogP contribution in [0.25, 0.3) is 0 Å². The van der Waals surface area contributed by atoms with Crippen LogP contribution in [-0.4, -0.2) is 62.7 Å². The van der Waals surface area contributed by atoms with E-state index in [1.165, 1.54) is 38.5 Å². The zero-order valence-corrected chi connectivity index (χ0v) is 18.5. The van der Waals surface area contributed by atoms with Crippen molar-refractivity contribution >= 4 is 35.8 Å². The zero-order chi connectivity index (χ0) is 17.6. The summed E-state index contributed by atoms with van der Waals surface area (Å²) in [6.07, 6.45) is 10.3. The van der Waals surface area contributed by atoms with Crippen LogP contribution in [0.5, 0.6) is 0 Å². The molecule has 1 heterocycles. The lowest BCUT2D eigenvalue weighted by Gasteiger charge is -2.33. The summed E-state index contributed by atoms with van der Waals surface area (Å²) in [7, 11) is 3.42. The van der Waals surface area contributed by atoms with Gasteiger partial charge in [-0.25, -0.2) is 0 Å². The highest BCUT2D eigenvalue weighted by Crippen LogP contribution is 2.44. The molecule has 7 heteroatoms. The van der Waals surface area contributed by atoms with Gasteiger partial charge in [-0.15, -0.1) is 24.0 Å². The van der Waals surface area contributed by atoms with E-state index in [0.29, 0.717) is 12.1 Å². The fraction of sp³-hybridized carbons (Fsp3) is 0.895. The monoisotopic (exact) mass is 478 g/mol. The molecule has 0 bridgehead atoms. The summed E-state index contributed by atoms with van der Waals surface area (Å²) in [6.45, 7) is 1.78. The maximum Gasteiger partial charge on any atom is 0.248 e. The van der Waals surface area contributed by atoms with Crippen molar-refractivity contribution in [2.75, 3.05) is 33.9 Å². The number of aliphatic imine (C=N–C) groups is 1. The molecule has 6 nitrogen and oxygen atoms in total. The van der Waals surface area contributed by atoms with Crippen molar-refractivity contribution in [3.63, 3.8) is 0 Å². The molecule has 1 saturated heterocycles. The Morgan fingerprint density at radius 2 is 1.81 bits per heavy atom. The van der Waals surface area contributed by atoms with E-state index in [9.17, 15) is 4.79 Å². The summed E-state index contributed by atoms with van der Waals surface area (Å²) < 4.78 is 4.94. The summed E-state index contributed by atoms with van der Waals surface area (Å²) in [5, 5.41) is 7.19. The zero-order valence-electron chi connectivity index (χ0n) is 16.2. The summed E-state index contributed by atoms with van der Waals surface area (Å²) >= 11 is 0. The van der Waals surface area contributed by atoms with Crippen LogP contribution < -0.4 is 10.6 Å². The Kier molecular flexibility index (Phi) is 8.93. The van der Waals surface area contributed by atoms with E-state index in [1.54, 1.807) is 7.11 Å². The third-order valence-electron chi connectivity index (χ3n) is 6.10. The standard InChI is InChI=1S/C19H34N4O2.HI/c1-20-19(22-17-12-16(17)14-6-4-3-5-7-14)21-15-8-10-23(11-9-15)18(24)13-25-2;/h14-17H,3-13H2,1-2H3,(H2,20,21,22);1H. The number of hydrogen-bond acceptors (Lipinski definition) is 3. The van der Waals surface area contributed by atoms with Crippen LogP contribution >= 0.6 is 24.0 Å². The highest BCUT2D eigenvalue weighted by molar-refractivity contribution is 14.0. The van der Waals surface area contributed by atoms with Crippen LogP contribution in [0.4, 0.5) is 0 Å². The van der Waals surface area contributed by atoms with E-state index in [-0.39, 0.29) is 36.5 Å². The number of nitrogens with zero attached hydrogens (tertiary/aromatic N) is 2. The van der Waals surface area contributed by atoms with Gasteiger partial charge in [-0.1, -0.05) is 32.1 Å². The molecule has 0 aromatic rings. The molecule has 0 spiro atoms. The molecule has 1 amide bonds. The Morgan fingerprint density at radius 1 is 1.12 bits per heavy atom. The van der Waals surface area contributed by atoms with E-state index >= 15 is 0 Å². The lowest BCUT2D eigenvalue weighted by molar-refractivity contribution is -0.136. The van der Waals surface area contributed by atoms with Crippen LogP contribution in [0.15, 0.2) is 4.99 Å². The summed E-state index contributed by atoms with van der Waals surface area (Å²) in [5.74, 6) is 2.81. The molecule has 2 unspecified atom stereocenters. The maximum absolute atomic E-state index is 11.9. The second kappa shape index (κ2) is 10.7. The molecule has 3 aliphatic rings. The van der Waals surface area contributed by atoms with Crippen LogP contribution in [0.3, 0.4) is 0 Å². The quantitative estimate of drug-likeness (QED) is 0.362. The molecule has 0 aromatic heterocycles. The smallest absolute Gasteiger partial charge is 0.248 e. The highest BCUT2D eigenvalue weighted by atomic mass is 127. The Labute approximate surface area is 174 Å². The fourth-order valence-corrected chi connectivity index (χ4v) is 4.49. The first-order valence-electron chi connectivity index (χ1n) is 9.97. The molecule has 0 radical (unpaired) electrons. The van der Waals surface area contributed by atoms with Crippen molar-refractivity contribution in [1.29, 1.82) is 0 Å². The maximum atomic E-state index is 11.9. The first kappa shape index (κ1) is 21.7. The van der Waals surface area contributed by atoms with E-state index < -0.39 is 0 Å². The second-order valence-electron chi connectivity index (χ2n) is 7.85. The Balaban J connectivity index is 0.00000243. The summed E-state index contributed by atoms with van der Waals surface area (Å²) in [5.41, 5.74) is 0. The average molecular weight is 478 g/mol. The number of carbonyl (C=O) groups excluding carboxylic acids is 1. The summed E-state index contributed by atoms with van der Waals surface area (Å²) in [6, 6.07) is 1.00. The number of halogens is 1. The van der Waals surface area contributed by atoms with Gasteiger partial charge in [-0.3, -0.25) is 9.79 Å². The van der Waals surface area contributed by atoms with E-state index in [2.05, 4.69) is 15.6 Å². The van der Waals surface area contributed by atoms with Gasteiger partial charge >= 0.3 is 0 Å². The second-order valence-corrected chi connectivity index (χ2v) is 7.85. The number of rotatable bonds is 5. The lowest BCUT2D eigenvalue weighted by atomic mass is 9.85. The molecule has 2 aliphatic carbocycles. The Hall–Kier alpha value is -0.570.